The summed E-state index contributed by atoms with van der Waals surface area (Å²) < 4.78 is 2.95. The number of hydrogen-bond donors (Lipinski definition) is 0. The third kappa shape index (κ3) is 4.02. The van der Waals surface area contributed by atoms with Crippen LogP contribution in [0.1, 0.15) is 5.56 Å². The van der Waals surface area contributed by atoms with E-state index in [2.05, 4.69) is 171 Å². The Morgan fingerprint density at radius 2 is 0.792 bits per heavy atom. The fourth-order valence-electron chi connectivity index (χ4n) is 8.14. The van der Waals surface area contributed by atoms with Crippen LogP contribution in [-0.4, -0.2) is 14.5 Å². The molecule has 0 nitrogen and oxygen atoms in total. The van der Waals surface area contributed by atoms with E-state index in [1.54, 1.807) is 0 Å². The Hall–Kier alpha value is -5.46. The first kappa shape index (κ1) is 27.6. The van der Waals surface area contributed by atoms with E-state index in [9.17, 15) is 0 Å². The first-order chi connectivity index (χ1) is 23.8. The third-order valence-electron chi connectivity index (χ3n) is 10.3. The average Bonchev–Trinajstić information content (AvgIpc) is 3.53. The molecule has 0 saturated heterocycles. The van der Waals surface area contributed by atoms with Crippen molar-refractivity contribution in [3.63, 3.8) is 0 Å². The average molecular weight is 674 g/mol. The normalized spacial score (nSPS) is 11.9. The number of benzene rings is 9. The second-order valence-corrected chi connectivity index (χ2v) is 15.0. The van der Waals surface area contributed by atoms with Gasteiger partial charge in [-0.15, -0.1) is 0 Å². The first-order valence-corrected chi connectivity index (χ1v) is 18.3. The van der Waals surface area contributed by atoms with Gasteiger partial charge in [0.25, 0.3) is 0 Å². The van der Waals surface area contributed by atoms with Gasteiger partial charge in [0.05, 0.1) is 0 Å². The van der Waals surface area contributed by atoms with E-state index in [1.165, 1.54) is 101 Å². The summed E-state index contributed by atoms with van der Waals surface area (Å²) in [7, 11) is 0. The second-order valence-electron chi connectivity index (χ2n) is 12.8. The number of rotatable bonds is 3. The van der Waals surface area contributed by atoms with Gasteiger partial charge in [-0.25, -0.2) is 0 Å². The molecular weight excluding hydrogens is 643 g/mol. The Labute approximate surface area is 285 Å². The van der Waals surface area contributed by atoms with Crippen molar-refractivity contribution in [2.24, 2.45) is 0 Å². The van der Waals surface area contributed by atoms with E-state index in [1.807, 2.05) is 0 Å². The molecule has 0 aliphatic rings. The van der Waals surface area contributed by atoms with E-state index in [-0.39, 0.29) is 14.5 Å². The maximum atomic E-state index is 2.50. The monoisotopic (exact) mass is 674 g/mol. The number of hydrogen-bond acceptors (Lipinski definition) is 0. The van der Waals surface area contributed by atoms with Gasteiger partial charge >= 0.3 is 287 Å². The van der Waals surface area contributed by atoms with Crippen molar-refractivity contribution in [2.45, 2.75) is 6.92 Å². The van der Waals surface area contributed by atoms with Gasteiger partial charge in [0.2, 0.25) is 0 Å². The summed E-state index contributed by atoms with van der Waals surface area (Å²) in [5.74, 6) is 0. The van der Waals surface area contributed by atoms with E-state index in [4.69, 9.17) is 0 Å². The molecule has 0 bridgehead atoms. The van der Waals surface area contributed by atoms with Crippen LogP contribution in [0, 0.1) is 6.92 Å². The minimum absolute atomic E-state index is 0.167. The summed E-state index contributed by atoms with van der Waals surface area (Å²) in [6.45, 7) is 2.27. The molecule has 1 aromatic heterocycles. The summed E-state index contributed by atoms with van der Waals surface area (Å²) in [4.78, 5) is 0. The van der Waals surface area contributed by atoms with Crippen LogP contribution in [0.4, 0.5) is 0 Å². The predicted octanol–water partition coefficient (Wildman–Crippen LogP) is 13.0. The van der Waals surface area contributed by atoms with Crippen molar-refractivity contribution in [3.8, 4) is 33.4 Å². The Balaban J connectivity index is 1.26. The predicted molar refractivity (Wildman–Crippen MR) is 209 cm³/mol. The van der Waals surface area contributed by atoms with Crippen LogP contribution >= 0.6 is 0 Å². The number of fused-ring (bicyclic) bond motifs is 7. The molecule has 0 spiro atoms. The van der Waals surface area contributed by atoms with Gasteiger partial charge in [-0.3, -0.25) is 0 Å². The molecule has 48 heavy (non-hydrogen) atoms. The summed E-state index contributed by atoms with van der Waals surface area (Å²) >= 11 is 0.167. The quantitative estimate of drug-likeness (QED) is 0.129. The van der Waals surface area contributed by atoms with Gasteiger partial charge in [-0.2, -0.15) is 0 Å². The minimum atomic E-state index is 0.167. The van der Waals surface area contributed by atoms with Crippen molar-refractivity contribution < 1.29 is 0 Å². The van der Waals surface area contributed by atoms with Crippen LogP contribution in [0.5, 0.6) is 0 Å². The Morgan fingerprint density at radius 3 is 1.35 bits per heavy atom. The van der Waals surface area contributed by atoms with Crippen molar-refractivity contribution in [1.82, 2.24) is 0 Å². The fraction of sp³-hybridized carbons (Fsp3) is 0.0213. The van der Waals surface area contributed by atoms with E-state index >= 15 is 0 Å². The summed E-state index contributed by atoms with van der Waals surface area (Å²) in [5.41, 5.74) is 9.29. The van der Waals surface area contributed by atoms with Crippen molar-refractivity contribution in [3.05, 3.63) is 169 Å². The van der Waals surface area contributed by atoms with Crippen molar-refractivity contribution in [2.75, 3.05) is 0 Å². The molecule has 0 atom stereocenters. The van der Waals surface area contributed by atoms with Crippen LogP contribution in [0.25, 0.3) is 95.8 Å². The molecule has 0 aliphatic carbocycles. The molecule has 9 aromatic carbocycles. The standard InChI is InChI=1S/C47H30Se/c1-29-32-16-5-7-18-35(32)46(36-19-8-6-17-33(29)36)42-25-13-24-41-34-27-26-31(28-43(34)48-47(41)42)45-39-22-11-9-20-37(39)44(30-14-3-2-4-15-30)38-21-10-12-23-40(38)45/h2-28H,1H3. The zero-order valence-corrected chi connectivity index (χ0v) is 28.2. The molecule has 0 fully saturated rings. The summed E-state index contributed by atoms with van der Waals surface area (Å²) in [5, 5.41) is 13.3. The van der Waals surface area contributed by atoms with Gasteiger partial charge in [-0.1, -0.05) is 0 Å². The molecule has 0 aliphatic heterocycles. The zero-order valence-electron chi connectivity index (χ0n) is 26.5. The molecule has 0 N–H and O–H groups in total. The van der Waals surface area contributed by atoms with E-state index < -0.39 is 0 Å². The van der Waals surface area contributed by atoms with Crippen LogP contribution in [0.2, 0.25) is 0 Å². The third-order valence-corrected chi connectivity index (χ3v) is 12.8. The molecule has 0 radical (unpaired) electrons. The van der Waals surface area contributed by atoms with Crippen LogP contribution in [0.15, 0.2) is 164 Å². The molecule has 224 valence electrons. The van der Waals surface area contributed by atoms with Gasteiger partial charge in [0.15, 0.2) is 0 Å². The molecule has 0 amide bonds. The summed E-state index contributed by atoms with van der Waals surface area (Å²) in [6, 6.07) is 60.9. The van der Waals surface area contributed by atoms with E-state index in [0.717, 1.165) is 0 Å². The summed E-state index contributed by atoms with van der Waals surface area (Å²) in [6.07, 6.45) is 0. The fourth-order valence-corrected chi connectivity index (χ4v) is 10.8. The Kier molecular flexibility index (Phi) is 6.21. The SMILES string of the molecule is Cc1c2ccccc2c(-c2cccc3c2[se]c2cc(-c4c5ccccc5c(-c5ccccc5)c5ccccc45)ccc23)c2ccccc12. The van der Waals surface area contributed by atoms with Crippen LogP contribution < -0.4 is 0 Å². The van der Waals surface area contributed by atoms with Crippen LogP contribution in [0.3, 0.4) is 0 Å². The maximum absolute atomic E-state index is 2.50. The van der Waals surface area contributed by atoms with Gasteiger partial charge in [0, 0.05) is 0 Å². The molecular formula is C47H30Se. The van der Waals surface area contributed by atoms with Gasteiger partial charge in [-0.05, 0) is 0 Å². The molecule has 1 heteroatoms. The van der Waals surface area contributed by atoms with Crippen molar-refractivity contribution in [1.29, 1.82) is 0 Å². The molecule has 10 aromatic rings. The zero-order chi connectivity index (χ0) is 31.8. The molecule has 0 saturated carbocycles. The number of aryl methyl sites for hydroxylation is 1. The first-order valence-electron chi connectivity index (χ1n) is 16.6. The van der Waals surface area contributed by atoms with Gasteiger partial charge in [0.1, 0.15) is 0 Å². The Bertz CT molecular complexity index is 2780. The molecule has 1 heterocycles. The van der Waals surface area contributed by atoms with E-state index in [0.29, 0.717) is 0 Å². The Morgan fingerprint density at radius 1 is 0.333 bits per heavy atom. The molecule has 0 unspecified atom stereocenters. The topological polar surface area (TPSA) is 0 Å². The van der Waals surface area contributed by atoms with Crippen LogP contribution in [-0.2, 0) is 0 Å². The second kappa shape index (κ2) is 10.8. The van der Waals surface area contributed by atoms with Crippen molar-refractivity contribution >= 4 is 76.9 Å². The van der Waals surface area contributed by atoms with Gasteiger partial charge < -0.3 is 0 Å². The molecule has 10 rings (SSSR count).